The molecule has 0 amide bonds. The summed E-state index contributed by atoms with van der Waals surface area (Å²) in [6, 6.07) is 8.62. The Bertz CT molecular complexity index is 310. The minimum Gasteiger partial charge on any atom is -0.377 e. The third-order valence-electron chi connectivity index (χ3n) is 2.47. The molecule has 0 aliphatic rings. The normalized spacial score (nSPS) is 11.1. The van der Waals surface area contributed by atoms with Gasteiger partial charge in [0.05, 0.1) is 6.61 Å². The van der Waals surface area contributed by atoms with Crippen molar-refractivity contribution >= 4 is 0 Å². The van der Waals surface area contributed by atoms with Gasteiger partial charge < -0.3 is 10.1 Å². The third kappa shape index (κ3) is 6.44. The molecule has 0 atom stereocenters. The van der Waals surface area contributed by atoms with Gasteiger partial charge in [0.25, 0.3) is 0 Å². The minimum absolute atomic E-state index is 0.601. The van der Waals surface area contributed by atoms with Crippen molar-refractivity contribution < 1.29 is 4.74 Å². The highest BCUT2D eigenvalue weighted by Crippen LogP contribution is 2.07. The molecule has 1 N–H and O–H groups in total. The molecule has 17 heavy (non-hydrogen) atoms. The van der Waals surface area contributed by atoms with Crippen molar-refractivity contribution in [2.75, 3.05) is 13.2 Å². The van der Waals surface area contributed by atoms with Crippen LogP contribution in [0.4, 0.5) is 0 Å². The summed E-state index contributed by atoms with van der Waals surface area (Å²) < 4.78 is 5.64. The van der Waals surface area contributed by atoms with Crippen LogP contribution in [0.1, 0.15) is 38.3 Å². The average Bonchev–Trinajstić information content (AvgIpc) is 2.29. The summed E-state index contributed by atoms with van der Waals surface area (Å²) in [6.45, 7) is 10.1. The summed E-state index contributed by atoms with van der Waals surface area (Å²) in [6.07, 6.45) is 1.18. The molecule has 0 radical (unpaired) electrons. The van der Waals surface area contributed by atoms with Crippen molar-refractivity contribution in [2.24, 2.45) is 5.92 Å². The first-order chi connectivity index (χ1) is 8.22. The van der Waals surface area contributed by atoms with Crippen LogP contribution < -0.4 is 5.32 Å². The number of rotatable bonds is 8. The molecule has 1 rings (SSSR count). The van der Waals surface area contributed by atoms with Gasteiger partial charge >= 0.3 is 0 Å². The van der Waals surface area contributed by atoms with E-state index in [4.69, 9.17) is 4.74 Å². The number of ether oxygens (including phenoxy) is 1. The molecule has 0 aromatic heterocycles. The van der Waals surface area contributed by atoms with Crippen LogP contribution in [0.5, 0.6) is 0 Å². The average molecular weight is 235 g/mol. The van der Waals surface area contributed by atoms with Crippen LogP contribution in [0, 0.1) is 5.92 Å². The first-order valence-electron chi connectivity index (χ1n) is 6.58. The lowest BCUT2D eigenvalue weighted by Gasteiger charge is -2.09. The largest absolute Gasteiger partial charge is 0.377 e. The Kier molecular flexibility index (Phi) is 6.90. The molecule has 0 unspecified atom stereocenters. The van der Waals surface area contributed by atoms with Gasteiger partial charge in [0.2, 0.25) is 0 Å². The van der Waals surface area contributed by atoms with Gasteiger partial charge in [-0.3, -0.25) is 0 Å². The van der Waals surface area contributed by atoms with Crippen molar-refractivity contribution in [1.82, 2.24) is 5.32 Å². The van der Waals surface area contributed by atoms with E-state index in [0.717, 1.165) is 26.3 Å². The van der Waals surface area contributed by atoms with Gasteiger partial charge in [-0.15, -0.1) is 0 Å². The second kappa shape index (κ2) is 8.26. The van der Waals surface area contributed by atoms with Crippen LogP contribution >= 0.6 is 0 Å². The zero-order valence-electron chi connectivity index (χ0n) is 11.3. The lowest BCUT2D eigenvalue weighted by Crippen LogP contribution is -2.13. The van der Waals surface area contributed by atoms with Gasteiger partial charge in [0.1, 0.15) is 0 Å². The Morgan fingerprint density at radius 2 is 2.00 bits per heavy atom. The highest BCUT2D eigenvalue weighted by molar-refractivity contribution is 5.22. The highest BCUT2D eigenvalue weighted by atomic mass is 16.5. The fraction of sp³-hybridized carbons (Fsp3) is 0.600. The molecular formula is C15H25NO. The molecule has 0 spiro atoms. The van der Waals surface area contributed by atoms with Crippen LogP contribution in [0.15, 0.2) is 24.3 Å². The van der Waals surface area contributed by atoms with Gasteiger partial charge in [-0.2, -0.15) is 0 Å². The molecule has 0 aliphatic carbocycles. The third-order valence-corrected chi connectivity index (χ3v) is 2.47. The van der Waals surface area contributed by atoms with E-state index >= 15 is 0 Å². The maximum absolute atomic E-state index is 5.64. The lowest BCUT2D eigenvalue weighted by molar-refractivity contribution is 0.0970. The second-order valence-electron chi connectivity index (χ2n) is 4.91. The summed E-state index contributed by atoms with van der Waals surface area (Å²) in [7, 11) is 0. The molecule has 0 saturated heterocycles. The van der Waals surface area contributed by atoms with Gasteiger partial charge in [0, 0.05) is 13.2 Å². The topological polar surface area (TPSA) is 21.3 Å². The molecule has 0 aliphatic heterocycles. The molecule has 2 nitrogen and oxygen atoms in total. The number of hydrogen-bond donors (Lipinski definition) is 1. The zero-order chi connectivity index (χ0) is 12.5. The Morgan fingerprint density at radius 3 is 2.71 bits per heavy atom. The molecule has 96 valence electrons. The molecule has 1 aromatic rings. The van der Waals surface area contributed by atoms with E-state index in [2.05, 4.69) is 50.4 Å². The molecule has 2 heteroatoms. The Labute approximate surface area is 105 Å². The summed E-state index contributed by atoms with van der Waals surface area (Å²) in [5.41, 5.74) is 2.60. The van der Waals surface area contributed by atoms with E-state index in [9.17, 15) is 0 Å². The van der Waals surface area contributed by atoms with E-state index < -0.39 is 0 Å². The van der Waals surface area contributed by atoms with Crippen molar-refractivity contribution in [3.8, 4) is 0 Å². The summed E-state index contributed by atoms with van der Waals surface area (Å²) >= 11 is 0. The smallest absolute Gasteiger partial charge is 0.0717 e. The highest BCUT2D eigenvalue weighted by Gasteiger charge is 1.98. The summed E-state index contributed by atoms with van der Waals surface area (Å²) in [4.78, 5) is 0. The maximum Gasteiger partial charge on any atom is 0.0717 e. The molecule has 0 bridgehead atoms. The first-order valence-corrected chi connectivity index (χ1v) is 6.58. The predicted octanol–water partition coefficient (Wildman–Crippen LogP) is 3.36. The standard InChI is InChI=1S/C15H25NO/c1-4-8-16-10-14-6-5-7-15(9-14)12-17-11-13(2)3/h5-7,9,13,16H,4,8,10-12H2,1-3H3. The monoisotopic (exact) mass is 235 g/mol. The van der Waals surface area contributed by atoms with Crippen molar-refractivity contribution in [1.29, 1.82) is 0 Å². The Morgan fingerprint density at radius 1 is 1.24 bits per heavy atom. The van der Waals surface area contributed by atoms with Crippen LogP contribution in [0.2, 0.25) is 0 Å². The quantitative estimate of drug-likeness (QED) is 0.698. The predicted molar refractivity (Wildman–Crippen MR) is 72.9 cm³/mol. The first kappa shape index (κ1) is 14.2. The molecule has 0 fully saturated rings. The number of benzene rings is 1. The molecule has 1 aromatic carbocycles. The SMILES string of the molecule is CCCNCc1cccc(COCC(C)C)c1. The van der Waals surface area contributed by atoms with E-state index in [1.807, 2.05) is 0 Å². The molecule has 0 heterocycles. The van der Waals surface area contributed by atoms with E-state index in [1.165, 1.54) is 17.5 Å². The lowest BCUT2D eigenvalue weighted by atomic mass is 10.1. The Balaban J connectivity index is 2.37. The van der Waals surface area contributed by atoms with Crippen molar-refractivity contribution in [3.63, 3.8) is 0 Å². The molecule has 0 saturated carbocycles. The van der Waals surface area contributed by atoms with Crippen molar-refractivity contribution in [2.45, 2.75) is 40.3 Å². The summed E-state index contributed by atoms with van der Waals surface area (Å²) in [5, 5.41) is 3.41. The second-order valence-corrected chi connectivity index (χ2v) is 4.91. The van der Waals surface area contributed by atoms with Crippen molar-refractivity contribution in [3.05, 3.63) is 35.4 Å². The van der Waals surface area contributed by atoms with E-state index in [-0.39, 0.29) is 0 Å². The zero-order valence-corrected chi connectivity index (χ0v) is 11.3. The Hall–Kier alpha value is -0.860. The van der Waals surface area contributed by atoms with Gasteiger partial charge in [-0.1, -0.05) is 45.0 Å². The van der Waals surface area contributed by atoms with Crippen LogP contribution in [-0.2, 0) is 17.9 Å². The van der Waals surface area contributed by atoms with Gasteiger partial charge in [-0.05, 0) is 30.0 Å². The maximum atomic E-state index is 5.64. The number of hydrogen-bond acceptors (Lipinski definition) is 2. The fourth-order valence-corrected chi connectivity index (χ4v) is 1.65. The summed E-state index contributed by atoms with van der Waals surface area (Å²) in [5.74, 6) is 0.601. The minimum atomic E-state index is 0.601. The van der Waals surface area contributed by atoms with Gasteiger partial charge in [-0.25, -0.2) is 0 Å². The van der Waals surface area contributed by atoms with E-state index in [1.54, 1.807) is 0 Å². The number of nitrogens with one attached hydrogen (secondary N) is 1. The fourth-order valence-electron chi connectivity index (χ4n) is 1.65. The van der Waals surface area contributed by atoms with Crippen LogP contribution in [0.3, 0.4) is 0 Å². The van der Waals surface area contributed by atoms with E-state index in [0.29, 0.717) is 5.92 Å². The van der Waals surface area contributed by atoms with Gasteiger partial charge in [0.15, 0.2) is 0 Å². The van der Waals surface area contributed by atoms with Crippen LogP contribution in [-0.4, -0.2) is 13.2 Å². The van der Waals surface area contributed by atoms with Crippen LogP contribution in [0.25, 0.3) is 0 Å². The molecular weight excluding hydrogens is 210 g/mol.